The van der Waals surface area contributed by atoms with Gasteiger partial charge in [-0.3, -0.25) is 0 Å². The molecule has 0 aliphatic rings. The van der Waals surface area contributed by atoms with Gasteiger partial charge in [-0.2, -0.15) is 0 Å². The molecular formula is C26H39FNO2+. The first kappa shape index (κ1) is 24.4. The van der Waals surface area contributed by atoms with Gasteiger partial charge in [0, 0.05) is 5.56 Å². The van der Waals surface area contributed by atoms with E-state index >= 15 is 0 Å². The second-order valence-corrected chi connectivity index (χ2v) is 11.1. The van der Waals surface area contributed by atoms with E-state index in [1.165, 1.54) is 17.7 Å². The van der Waals surface area contributed by atoms with E-state index in [1.807, 2.05) is 6.07 Å². The molecule has 0 saturated heterocycles. The monoisotopic (exact) mass is 416 g/mol. The normalized spacial score (nSPS) is 13.9. The Kier molecular flexibility index (Phi) is 7.36. The average molecular weight is 417 g/mol. The summed E-state index contributed by atoms with van der Waals surface area (Å²) in [6, 6.07) is 12.9. The van der Waals surface area contributed by atoms with E-state index in [0.717, 1.165) is 16.9 Å². The zero-order chi connectivity index (χ0) is 22.7. The van der Waals surface area contributed by atoms with Crippen LogP contribution in [-0.2, 0) is 17.4 Å². The highest BCUT2D eigenvalue weighted by Gasteiger charge is 2.25. The van der Waals surface area contributed by atoms with Crippen LogP contribution >= 0.6 is 0 Å². The minimum absolute atomic E-state index is 0.0561. The number of halogens is 1. The van der Waals surface area contributed by atoms with Crippen LogP contribution in [0.2, 0.25) is 0 Å². The summed E-state index contributed by atoms with van der Waals surface area (Å²) in [6.45, 7) is 14.7. The highest BCUT2D eigenvalue weighted by molar-refractivity contribution is 5.43. The molecule has 2 aromatic carbocycles. The molecule has 0 aliphatic carbocycles. The van der Waals surface area contributed by atoms with E-state index in [1.54, 1.807) is 12.1 Å². The minimum Gasteiger partial charge on any atom is -0.490 e. The molecule has 0 aliphatic heterocycles. The van der Waals surface area contributed by atoms with Crippen LogP contribution in [0.15, 0.2) is 42.5 Å². The van der Waals surface area contributed by atoms with Crippen molar-refractivity contribution in [3.8, 4) is 5.75 Å². The molecule has 0 amide bonds. The fraction of sp³-hybridized carbons (Fsp3) is 0.538. The molecule has 0 spiro atoms. The van der Waals surface area contributed by atoms with Crippen LogP contribution in [0.1, 0.15) is 58.2 Å². The van der Waals surface area contributed by atoms with Gasteiger partial charge in [0.2, 0.25) is 0 Å². The minimum atomic E-state index is -0.601. The third-order valence-corrected chi connectivity index (χ3v) is 5.31. The second-order valence-electron chi connectivity index (χ2n) is 11.1. The van der Waals surface area contributed by atoms with Gasteiger partial charge in [0.05, 0.1) is 14.1 Å². The Morgan fingerprint density at radius 2 is 1.53 bits per heavy atom. The third kappa shape index (κ3) is 7.10. The Morgan fingerprint density at radius 3 is 2.07 bits per heavy atom. The lowest BCUT2D eigenvalue weighted by atomic mass is 9.80. The Bertz CT molecular complexity index is 830. The molecule has 1 unspecified atom stereocenters. The van der Waals surface area contributed by atoms with Crippen molar-refractivity contribution in [1.29, 1.82) is 0 Å². The first-order valence-electron chi connectivity index (χ1n) is 10.7. The molecule has 0 fully saturated rings. The zero-order valence-corrected chi connectivity index (χ0v) is 19.9. The van der Waals surface area contributed by atoms with Crippen LogP contribution in [0.3, 0.4) is 0 Å². The molecule has 0 radical (unpaired) electrons. The zero-order valence-electron chi connectivity index (χ0n) is 19.9. The third-order valence-electron chi connectivity index (χ3n) is 5.31. The van der Waals surface area contributed by atoms with Crippen molar-refractivity contribution in [1.82, 2.24) is 0 Å². The quantitative estimate of drug-likeness (QED) is 0.609. The Balaban J connectivity index is 2.06. The van der Waals surface area contributed by atoms with Crippen molar-refractivity contribution < 1.29 is 18.7 Å². The molecule has 0 heterocycles. The maximum atomic E-state index is 13.1. The summed E-state index contributed by atoms with van der Waals surface area (Å²) < 4.78 is 19.8. The van der Waals surface area contributed by atoms with Crippen LogP contribution in [0.4, 0.5) is 4.39 Å². The van der Waals surface area contributed by atoms with Gasteiger partial charge in [-0.15, -0.1) is 0 Å². The van der Waals surface area contributed by atoms with Crippen molar-refractivity contribution in [2.75, 3.05) is 27.2 Å². The summed E-state index contributed by atoms with van der Waals surface area (Å²) in [5.41, 5.74) is 3.49. The van der Waals surface area contributed by atoms with Crippen molar-refractivity contribution in [2.45, 2.75) is 65.0 Å². The van der Waals surface area contributed by atoms with E-state index in [-0.39, 0.29) is 23.3 Å². The van der Waals surface area contributed by atoms with Gasteiger partial charge < -0.3 is 14.3 Å². The summed E-state index contributed by atoms with van der Waals surface area (Å²) in [7, 11) is 4.12. The summed E-state index contributed by atoms with van der Waals surface area (Å²) in [5, 5.41) is 10.6. The topological polar surface area (TPSA) is 29.5 Å². The molecule has 2 rings (SSSR count). The molecule has 166 valence electrons. The molecule has 1 N–H and O–H groups in total. The molecule has 0 bridgehead atoms. The van der Waals surface area contributed by atoms with Crippen molar-refractivity contribution in [3.63, 3.8) is 0 Å². The lowest BCUT2D eigenvalue weighted by Crippen LogP contribution is -2.46. The van der Waals surface area contributed by atoms with E-state index in [0.29, 0.717) is 17.6 Å². The van der Waals surface area contributed by atoms with Crippen molar-refractivity contribution in [3.05, 3.63) is 65.0 Å². The number of ether oxygens (including phenoxy) is 1. The number of nitrogens with zero attached hydrogens (tertiary/aromatic N) is 1. The molecule has 30 heavy (non-hydrogen) atoms. The number of aliphatic hydroxyl groups is 1. The summed E-state index contributed by atoms with van der Waals surface area (Å²) in [5.74, 6) is 0.600. The number of aliphatic hydroxyl groups excluding tert-OH is 1. The Labute approximate surface area is 182 Å². The number of benzene rings is 2. The summed E-state index contributed by atoms with van der Waals surface area (Å²) in [4.78, 5) is 0. The molecule has 2 aromatic rings. The predicted molar refractivity (Wildman–Crippen MR) is 122 cm³/mol. The molecule has 0 saturated carbocycles. The molecule has 0 aromatic heterocycles. The van der Waals surface area contributed by atoms with E-state index in [9.17, 15) is 9.50 Å². The average Bonchev–Trinajstić information content (AvgIpc) is 2.59. The molecule has 1 atom stereocenters. The van der Waals surface area contributed by atoms with Gasteiger partial charge in [-0.25, -0.2) is 4.39 Å². The SMILES string of the molecule is CC(C)(C)c1ccc(OCC(O)C[N+](C)(C)Cc2ccc(F)cc2)c(C(C)(C)C)c1. The lowest BCUT2D eigenvalue weighted by molar-refractivity contribution is -0.906. The van der Waals surface area contributed by atoms with Crippen LogP contribution in [-0.4, -0.2) is 42.9 Å². The number of rotatable bonds is 7. The van der Waals surface area contributed by atoms with Crippen LogP contribution < -0.4 is 4.74 Å². The van der Waals surface area contributed by atoms with E-state index in [2.05, 4.69) is 67.8 Å². The van der Waals surface area contributed by atoms with Gasteiger partial charge >= 0.3 is 0 Å². The maximum Gasteiger partial charge on any atom is 0.137 e. The van der Waals surface area contributed by atoms with Gasteiger partial charge in [-0.05, 0) is 40.2 Å². The number of hydrogen-bond acceptors (Lipinski definition) is 2. The first-order valence-corrected chi connectivity index (χ1v) is 10.7. The van der Waals surface area contributed by atoms with Crippen LogP contribution in [0.25, 0.3) is 0 Å². The molecule has 3 nitrogen and oxygen atoms in total. The molecular weight excluding hydrogens is 377 g/mol. The van der Waals surface area contributed by atoms with Crippen molar-refractivity contribution >= 4 is 0 Å². The Morgan fingerprint density at radius 1 is 0.933 bits per heavy atom. The van der Waals surface area contributed by atoms with E-state index in [4.69, 9.17) is 4.74 Å². The highest BCUT2D eigenvalue weighted by atomic mass is 19.1. The number of quaternary nitrogens is 1. The van der Waals surface area contributed by atoms with Crippen molar-refractivity contribution in [2.24, 2.45) is 0 Å². The van der Waals surface area contributed by atoms with Gasteiger partial charge in [0.15, 0.2) is 0 Å². The molecule has 4 heteroatoms. The number of hydrogen-bond donors (Lipinski definition) is 1. The smallest absolute Gasteiger partial charge is 0.137 e. The Hall–Kier alpha value is -1.91. The summed E-state index contributed by atoms with van der Waals surface area (Å²) in [6.07, 6.45) is -0.601. The largest absolute Gasteiger partial charge is 0.490 e. The van der Waals surface area contributed by atoms with Crippen LogP contribution in [0, 0.1) is 5.82 Å². The maximum absolute atomic E-state index is 13.1. The van der Waals surface area contributed by atoms with E-state index < -0.39 is 6.10 Å². The van der Waals surface area contributed by atoms with Crippen LogP contribution in [0.5, 0.6) is 5.75 Å². The van der Waals surface area contributed by atoms with Gasteiger partial charge in [-0.1, -0.05) is 65.8 Å². The fourth-order valence-electron chi connectivity index (χ4n) is 3.67. The fourth-order valence-corrected chi connectivity index (χ4v) is 3.67. The lowest BCUT2D eigenvalue weighted by Gasteiger charge is -2.32. The second kappa shape index (κ2) is 9.07. The number of likely N-dealkylation sites (N-methyl/N-ethyl adjacent to an activating group) is 1. The highest BCUT2D eigenvalue weighted by Crippen LogP contribution is 2.35. The van der Waals surface area contributed by atoms with Gasteiger partial charge in [0.25, 0.3) is 0 Å². The standard InChI is InChI=1S/C26H39FNO2/c1-25(2,3)20-11-14-24(23(15-20)26(4,5)6)30-18-22(29)17-28(7,8)16-19-9-12-21(27)13-10-19/h9-15,22,29H,16-18H2,1-8H3/q+1. The summed E-state index contributed by atoms with van der Waals surface area (Å²) >= 11 is 0. The predicted octanol–water partition coefficient (Wildman–Crippen LogP) is 5.44. The van der Waals surface area contributed by atoms with Gasteiger partial charge in [0.1, 0.15) is 37.4 Å². The first-order chi connectivity index (χ1) is 13.7.